The van der Waals surface area contributed by atoms with Crippen molar-refractivity contribution >= 4 is 0 Å². The molecule has 0 N–H and O–H groups in total. The van der Waals surface area contributed by atoms with Gasteiger partial charge < -0.3 is 9.47 Å². The van der Waals surface area contributed by atoms with Crippen LogP contribution in [-0.2, 0) is 22.6 Å². The second kappa shape index (κ2) is 11.1. The smallest absolute Gasteiger partial charge is 0.0739 e. The van der Waals surface area contributed by atoms with E-state index in [2.05, 4.69) is 50.3 Å². The van der Waals surface area contributed by atoms with Crippen molar-refractivity contribution in [3.05, 3.63) is 35.9 Å². The Bertz CT molecular complexity index is 590. The SMILES string of the molecule is COC(C)Cn1cc(C(C)C)cn1.COCCn1cc(C(C)C)cn1. The van der Waals surface area contributed by atoms with Crippen molar-refractivity contribution in [1.29, 1.82) is 0 Å². The highest BCUT2D eigenvalue weighted by molar-refractivity contribution is 5.09. The zero-order valence-corrected chi connectivity index (χ0v) is 16.8. The van der Waals surface area contributed by atoms with E-state index in [4.69, 9.17) is 9.47 Å². The van der Waals surface area contributed by atoms with E-state index in [1.54, 1.807) is 14.2 Å². The molecule has 142 valence electrons. The summed E-state index contributed by atoms with van der Waals surface area (Å²) >= 11 is 0. The Balaban J connectivity index is 0.000000251. The Kier molecular flexibility index (Phi) is 9.45. The predicted molar refractivity (Wildman–Crippen MR) is 101 cm³/mol. The van der Waals surface area contributed by atoms with Crippen LogP contribution in [0.4, 0.5) is 0 Å². The molecule has 2 aromatic heterocycles. The maximum Gasteiger partial charge on any atom is 0.0739 e. The molecule has 0 aliphatic heterocycles. The molecule has 0 spiro atoms. The maximum atomic E-state index is 5.16. The van der Waals surface area contributed by atoms with Crippen LogP contribution in [0.5, 0.6) is 0 Å². The maximum absolute atomic E-state index is 5.16. The van der Waals surface area contributed by atoms with E-state index < -0.39 is 0 Å². The van der Waals surface area contributed by atoms with Crippen LogP contribution >= 0.6 is 0 Å². The molecule has 1 atom stereocenters. The topological polar surface area (TPSA) is 54.1 Å². The first-order valence-corrected chi connectivity index (χ1v) is 8.93. The third kappa shape index (κ3) is 7.84. The summed E-state index contributed by atoms with van der Waals surface area (Å²) in [5.41, 5.74) is 2.56. The summed E-state index contributed by atoms with van der Waals surface area (Å²) in [6.45, 7) is 13.1. The van der Waals surface area contributed by atoms with E-state index >= 15 is 0 Å². The Morgan fingerprint density at radius 2 is 1.40 bits per heavy atom. The first-order valence-electron chi connectivity index (χ1n) is 8.93. The lowest BCUT2D eigenvalue weighted by molar-refractivity contribution is 0.0998. The molecule has 0 fully saturated rings. The lowest BCUT2D eigenvalue weighted by Crippen LogP contribution is -2.14. The summed E-state index contributed by atoms with van der Waals surface area (Å²) in [4.78, 5) is 0. The zero-order valence-electron chi connectivity index (χ0n) is 16.8. The van der Waals surface area contributed by atoms with Crippen LogP contribution in [0.25, 0.3) is 0 Å². The van der Waals surface area contributed by atoms with Gasteiger partial charge in [0.15, 0.2) is 0 Å². The number of hydrogen-bond acceptors (Lipinski definition) is 4. The summed E-state index contributed by atoms with van der Waals surface area (Å²) in [5.74, 6) is 1.10. The highest BCUT2D eigenvalue weighted by atomic mass is 16.5. The zero-order chi connectivity index (χ0) is 18.8. The normalized spacial score (nSPS) is 12.4. The standard InChI is InChI=1S/C10H18N2O.C9H16N2O/c1-8(2)10-5-11-12(7-10)6-9(3)13-4;1-8(2)9-6-10-11(7-9)4-5-12-3/h5,7-9H,6H2,1-4H3;6-8H,4-5H2,1-3H3. The van der Waals surface area contributed by atoms with Crippen molar-refractivity contribution in [2.24, 2.45) is 0 Å². The second-order valence-electron chi connectivity index (χ2n) is 6.88. The molecule has 0 saturated heterocycles. The Hall–Kier alpha value is -1.66. The summed E-state index contributed by atoms with van der Waals surface area (Å²) in [5, 5.41) is 8.47. The summed E-state index contributed by atoms with van der Waals surface area (Å²) < 4.78 is 14.0. The highest BCUT2D eigenvalue weighted by Crippen LogP contribution is 2.13. The van der Waals surface area contributed by atoms with Crippen molar-refractivity contribution in [2.45, 2.75) is 65.6 Å². The molecular weight excluding hydrogens is 316 g/mol. The molecular formula is C19H34N4O2. The molecule has 2 aromatic rings. The van der Waals surface area contributed by atoms with Gasteiger partial charge in [0.2, 0.25) is 0 Å². The van der Waals surface area contributed by atoms with E-state index in [-0.39, 0.29) is 6.10 Å². The number of ether oxygens (including phenoxy) is 2. The number of aromatic nitrogens is 4. The molecule has 2 rings (SSSR count). The first kappa shape index (κ1) is 21.4. The molecule has 0 saturated carbocycles. The number of rotatable bonds is 8. The fourth-order valence-electron chi connectivity index (χ4n) is 2.10. The predicted octanol–water partition coefficient (Wildman–Crippen LogP) is 3.69. The Morgan fingerprint density at radius 3 is 1.84 bits per heavy atom. The minimum absolute atomic E-state index is 0.222. The lowest BCUT2D eigenvalue weighted by Gasteiger charge is -2.08. The average Bonchev–Trinajstić information content (AvgIpc) is 3.22. The quantitative estimate of drug-likeness (QED) is 0.728. The number of nitrogens with zero attached hydrogens (tertiary/aromatic N) is 4. The summed E-state index contributed by atoms with van der Waals surface area (Å²) in [6, 6.07) is 0. The fraction of sp³-hybridized carbons (Fsp3) is 0.684. The van der Waals surface area contributed by atoms with Gasteiger partial charge in [-0.25, -0.2) is 0 Å². The third-order valence-corrected chi connectivity index (χ3v) is 4.01. The van der Waals surface area contributed by atoms with Gasteiger partial charge in [-0.2, -0.15) is 10.2 Å². The first-order chi connectivity index (χ1) is 11.9. The molecule has 0 aromatic carbocycles. The van der Waals surface area contributed by atoms with Crippen molar-refractivity contribution in [3.63, 3.8) is 0 Å². The lowest BCUT2D eigenvalue weighted by atomic mass is 10.1. The van der Waals surface area contributed by atoms with Gasteiger partial charge in [-0.3, -0.25) is 9.36 Å². The highest BCUT2D eigenvalue weighted by Gasteiger charge is 2.05. The van der Waals surface area contributed by atoms with Gasteiger partial charge in [0.1, 0.15) is 0 Å². The van der Waals surface area contributed by atoms with Crippen LogP contribution in [0.3, 0.4) is 0 Å². The molecule has 2 heterocycles. The van der Waals surface area contributed by atoms with Gasteiger partial charge in [-0.05, 0) is 29.9 Å². The average molecular weight is 351 g/mol. The van der Waals surface area contributed by atoms with Crippen LogP contribution in [0.2, 0.25) is 0 Å². The van der Waals surface area contributed by atoms with Gasteiger partial charge in [0.05, 0.1) is 38.2 Å². The summed E-state index contributed by atoms with van der Waals surface area (Å²) in [6.07, 6.45) is 8.22. The van der Waals surface area contributed by atoms with Crippen molar-refractivity contribution in [2.75, 3.05) is 20.8 Å². The Labute approximate surface area is 152 Å². The molecule has 0 aliphatic rings. The minimum atomic E-state index is 0.222. The van der Waals surface area contributed by atoms with E-state index in [1.807, 2.05) is 28.7 Å². The second-order valence-corrected chi connectivity index (χ2v) is 6.88. The monoisotopic (exact) mass is 350 g/mol. The van der Waals surface area contributed by atoms with Gasteiger partial charge in [0, 0.05) is 26.6 Å². The molecule has 25 heavy (non-hydrogen) atoms. The molecule has 0 aliphatic carbocycles. The summed E-state index contributed by atoms with van der Waals surface area (Å²) in [7, 11) is 3.42. The van der Waals surface area contributed by atoms with Crippen LogP contribution < -0.4 is 0 Å². The largest absolute Gasteiger partial charge is 0.383 e. The van der Waals surface area contributed by atoms with Gasteiger partial charge in [-0.15, -0.1) is 0 Å². The number of hydrogen-bond donors (Lipinski definition) is 0. The van der Waals surface area contributed by atoms with Crippen LogP contribution in [0.1, 0.15) is 57.6 Å². The molecule has 0 amide bonds. The fourth-order valence-corrected chi connectivity index (χ4v) is 2.10. The molecule has 1 unspecified atom stereocenters. The Morgan fingerprint density at radius 1 is 0.880 bits per heavy atom. The van der Waals surface area contributed by atoms with Gasteiger partial charge in [-0.1, -0.05) is 27.7 Å². The number of methoxy groups -OCH3 is 2. The minimum Gasteiger partial charge on any atom is -0.383 e. The van der Waals surface area contributed by atoms with Crippen LogP contribution in [0, 0.1) is 0 Å². The molecule has 0 radical (unpaired) electrons. The molecule has 6 nitrogen and oxygen atoms in total. The van der Waals surface area contributed by atoms with Gasteiger partial charge >= 0.3 is 0 Å². The van der Waals surface area contributed by atoms with E-state index in [1.165, 1.54) is 11.1 Å². The van der Waals surface area contributed by atoms with Crippen LogP contribution in [0.15, 0.2) is 24.8 Å². The molecule has 6 heteroatoms. The van der Waals surface area contributed by atoms with E-state index in [0.717, 1.165) is 19.7 Å². The van der Waals surface area contributed by atoms with Crippen molar-refractivity contribution < 1.29 is 9.47 Å². The van der Waals surface area contributed by atoms with Crippen molar-refractivity contribution in [1.82, 2.24) is 19.6 Å². The van der Waals surface area contributed by atoms with Crippen LogP contribution in [-0.4, -0.2) is 46.5 Å². The third-order valence-electron chi connectivity index (χ3n) is 4.01. The van der Waals surface area contributed by atoms with Gasteiger partial charge in [0.25, 0.3) is 0 Å². The van der Waals surface area contributed by atoms with Crippen molar-refractivity contribution in [3.8, 4) is 0 Å². The molecule has 0 bridgehead atoms. The van der Waals surface area contributed by atoms with E-state index in [0.29, 0.717) is 11.8 Å². The van der Waals surface area contributed by atoms with E-state index in [9.17, 15) is 0 Å².